The minimum atomic E-state index is -1.06. The van der Waals surface area contributed by atoms with Gasteiger partial charge in [-0.2, -0.15) is 4.39 Å². The molecule has 0 fully saturated rings. The highest BCUT2D eigenvalue weighted by molar-refractivity contribution is 14.1. The van der Waals surface area contributed by atoms with Gasteiger partial charge in [0.15, 0.2) is 23.0 Å². The van der Waals surface area contributed by atoms with Crippen molar-refractivity contribution in [1.29, 1.82) is 0 Å². The number of nitrogens with zero attached hydrogens (tertiary/aromatic N) is 3. The van der Waals surface area contributed by atoms with Crippen LogP contribution in [0.1, 0.15) is 22.8 Å². The number of aromatic nitrogens is 3. The Bertz CT molecular complexity index is 1360. The third-order valence-corrected chi connectivity index (χ3v) is 5.88. The highest BCUT2D eigenvalue weighted by Gasteiger charge is 2.19. The maximum atomic E-state index is 14.7. The summed E-state index contributed by atoms with van der Waals surface area (Å²) in [6, 6.07) is 8.29. The molecule has 0 spiro atoms. The van der Waals surface area contributed by atoms with Crippen molar-refractivity contribution in [3.63, 3.8) is 0 Å². The van der Waals surface area contributed by atoms with Crippen molar-refractivity contribution >= 4 is 45.7 Å². The predicted octanol–water partition coefficient (Wildman–Crippen LogP) is 5.15. The Labute approximate surface area is 208 Å². The van der Waals surface area contributed by atoms with Crippen LogP contribution in [-0.2, 0) is 6.42 Å². The van der Waals surface area contributed by atoms with Gasteiger partial charge in [-0.05, 0) is 42.3 Å². The van der Waals surface area contributed by atoms with Crippen LogP contribution in [0.25, 0.3) is 16.9 Å². The van der Waals surface area contributed by atoms with E-state index in [2.05, 4.69) is 43.2 Å². The Morgan fingerprint density at radius 3 is 2.74 bits per heavy atom. The van der Waals surface area contributed by atoms with Crippen LogP contribution in [0.5, 0.6) is 5.75 Å². The molecule has 0 atom stereocenters. The number of carbonyl (C=O) groups is 1. The second-order valence-electron chi connectivity index (χ2n) is 7.35. The number of imidazole rings is 1. The van der Waals surface area contributed by atoms with Gasteiger partial charge in [0.2, 0.25) is 5.82 Å². The zero-order valence-corrected chi connectivity index (χ0v) is 20.7. The van der Waals surface area contributed by atoms with E-state index in [9.17, 15) is 13.6 Å². The number of halogens is 3. The van der Waals surface area contributed by atoms with Crippen LogP contribution in [0.4, 0.5) is 20.3 Å². The topological polar surface area (TPSA) is 80.6 Å². The molecule has 0 aliphatic carbocycles. The quantitative estimate of drug-likeness (QED) is 0.224. The normalized spacial score (nSPS) is 11.0. The fraction of sp³-hybridized carbons (Fsp3) is 0.208. The molecule has 0 radical (unpaired) electrons. The molecule has 1 amide bonds. The number of amides is 1. The van der Waals surface area contributed by atoms with E-state index >= 15 is 0 Å². The average Bonchev–Trinajstić information content (AvgIpc) is 3.29. The maximum absolute atomic E-state index is 14.7. The lowest BCUT2D eigenvalue weighted by molar-refractivity contribution is 0.0955. The van der Waals surface area contributed by atoms with Crippen molar-refractivity contribution in [2.45, 2.75) is 13.3 Å². The van der Waals surface area contributed by atoms with Crippen molar-refractivity contribution in [2.75, 3.05) is 23.4 Å². The van der Waals surface area contributed by atoms with Crippen LogP contribution in [0.2, 0.25) is 0 Å². The van der Waals surface area contributed by atoms with Crippen molar-refractivity contribution in [3.05, 3.63) is 71.7 Å². The minimum absolute atomic E-state index is 0.0538. The summed E-state index contributed by atoms with van der Waals surface area (Å²) >= 11 is 2.21. The number of ether oxygens (including phenoxy) is 1. The number of hydrogen-bond acceptors (Lipinski definition) is 5. The second-order valence-corrected chi connectivity index (χ2v) is 8.43. The molecule has 2 heterocycles. The first-order valence-electron chi connectivity index (χ1n) is 10.6. The molecule has 10 heteroatoms. The van der Waals surface area contributed by atoms with Gasteiger partial charge in [0.05, 0.1) is 19.0 Å². The Morgan fingerprint density at radius 1 is 1.18 bits per heavy atom. The van der Waals surface area contributed by atoms with Gasteiger partial charge >= 0.3 is 0 Å². The maximum Gasteiger partial charge on any atom is 0.251 e. The lowest BCUT2D eigenvalue weighted by Gasteiger charge is -2.12. The summed E-state index contributed by atoms with van der Waals surface area (Å²) in [6.45, 7) is 2.59. The third-order valence-electron chi connectivity index (χ3n) is 5.34. The summed E-state index contributed by atoms with van der Waals surface area (Å²) in [7, 11) is 1.28. The summed E-state index contributed by atoms with van der Waals surface area (Å²) in [5.74, 6) is -1.91. The minimum Gasteiger partial charge on any atom is -0.494 e. The zero-order chi connectivity index (χ0) is 24.2. The van der Waals surface area contributed by atoms with Crippen molar-refractivity contribution in [3.8, 4) is 17.0 Å². The first-order chi connectivity index (χ1) is 16.5. The zero-order valence-electron chi connectivity index (χ0n) is 18.5. The van der Waals surface area contributed by atoms with Crippen LogP contribution >= 0.6 is 22.6 Å². The number of hydrogen-bond donors (Lipinski definition) is 2. The number of nitrogens with one attached hydrogen (secondary N) is 2. The molecule has 2 N–H and O–H groups in total. The summed E-state index contributed by atoms with van der Waals surface area (Å²) in [4.78, 5) is 21.2. The molecule has 0 bridgehead atoms. The molecular weight excluding hydrogens is 555 g/mol. The first kappa shape index (κ1) is 23.9. The fourth-order valence-corrected chi connectivity index (χ4v) is 3.94. The monoisotopic (exact) mass is 577 g/mol. The van der Waals surface area contributed by atoms with Crippen molar-refractivity contribution in [2.24, 2.45) is 0 Å². The molecule has 2 aromatic carbocycles. The molecule has 4 aromatic rings. The third kappa shape index (κ3) is 4.54. The smallest absolute Gasteiger partial charge is 0.251 e. The Kier molecular flexibility index (Phi) is 7.25. The number of methoxy groups -OCH3 is 1. The van der Waals surface area contributed by atoms with Gasteiger partial charge in [0, 0.05) is 40.2 Å². The second kappa shape index (κ2) is 10.3. The lowest BCUT2D eigenvalue weighted by Crippen LogP contribution is -2.26. The molecule has 0 saturated heterocycles. The van der Waals surface area contributed by atoms with Crippen LogP contribution in [0.3, 0.4) is 0 Å². The molecule has 0 saturated carbocycles. The Balaban J connectivity index is 1.68. The highest BCUT2D eigenvalue weighted by atomic mass is 127. The number of benzene rings is 2. The van der Waals surface area contributed by atoms with E-state index < -0.39 is 11.6 Å². The van der Waals surface area contributed by atoms with Crippen molar-refractivity contribution in [1.82, 2.24) is 19.7 Å². The van der Waals surface area contributed by atoms with Gasteiger partial charge in [-0.25, -0.2) is 14.4 Å². The highest BCUT2D eigenvalue weighted by Crippen LogP contribution is 2.31. The van der Waals surface area contributed by atoms with Crippen LogP contribution in [0, 0.1) is 11.6 Å². The number of rotatable bonds is 8. The van der Waals surface area contributed by atoms with Gasteiger partial charge in [0.1, 0.15) is 0 Å². The molecule has 0 unspecified atom stereocenters. The number of aryl methyl sites for hydroxylation is 1. The van der Waals surface area contributed by atoms with E-state index in [-0.39, 0.29) is 17.2 Å². The van der Waals surface area contributed by atoms with Crippen LogP contribution < -0.4 is 15.4 Å². The van der Waals surface area contributed by atoms with E-state index in [0.29, 0.717) is 35.7 Å². The van der Waals surface area contributed by atoms with E-state index in [4.69, 9.17) is 4.74 Å². The number of alkyl halides is 1. The number of anilines is 2. The standard InChI is InChI=1S/C24H22F2IN5O2/c1-3-14-12-15(4-5-16(14)24(33)29-9-8-27)31-22-23-30-13-18(32(23)11-10-28-22)17-6-7-19(34-2)21(26)20(17)25/h4-7,10-13H,3,8-9H2,1-2H3,(H,28,31)(H,29,33). The summed E-state index contributed by atoms with van der Waals surface area (Å²) in [5.41, 5.74) is 3.12. The Morgan fingerprint density at radius 2 is 2.00 bits per heavy atom. The first-order valence-corrected chi connectivity index (χ1v) is 12.1. The molecule has 4 rings (SSSR count). The molecule has 0 aliphatic heterocycles. The van der Waals surface area contributed by atoms with E-state index in [0.717, 1.165) is 15.7 Å². The average molecular weight is 577 g/mol. The van der Waals surface area contributed by atoms with Gasteiger partial charge in [-0.1, -0.05) is 29.5 Å². The van der Waals surface area contributed by atoms with Crippen LogP contribution in [-0.4, -0.2) is 38.4 Å². The van der Waals surface area contributed by atoms with E-state index in [1.165, 1.54) is 25.4 Å². The van der Waals surface area contributed by atoms with Gasteiger partial charge < -0.3 is 15.4 Å². The predicted molar refractivity (Wildman–Crippen MR) is 135 cm³/mol. The molecule has 0 aliphatic rings. The molecule has 34 heavy (non-hydrogen) atoms. The number of carbonyl (C=O) groups excluding carboxylic acids is 1. The SMILES string of the molecule is CCc1cc(Nc2nccn3c(-c4ccc(OC)c(F)c4F)cnc23)ccc1C(=O)NCCI. The summed E-state index contributed by atoms with van der Waals surface area (Å²) in [6.07, 6.45) is 5.31. The fourth-order valence-electron chi connectivity index (χ4n) is 3.67. The van der Waals surface area contributed by atoms with Gasteiger partial charge in [-0.3, -0.25) is 9.20 Å². The Hall–Kier alpha value is -3.28. The van der Waals surface area contributed by atoms with Crippen molar-refractivity contribution < 1.29 is 18.3 Å². The molecule has 7 nitrogen and oxygen atoms in total. The molecule has 2 aromatic heterocycles. The van der Waals surface area contributed by atoms with Gasteiger partial charge in [-0.15, -0.1) is 0 Å². The molecule has 176 valence electrons. The molecular formula is C24H22F2IN5O2. The van der Waals surface area contributed by atoms with Gasteiger partial charge in [0.25, 0.3) is 5.91 Å². The van der Waals surface area contributed by atoms with E-state index in [1.54, 1.807) is 28.9 Å². The number of fused-ring (bicyclic) bond motifs is 1. The largest absolute Gasteiger partial charge is 0.494 e. The van der Waals surface area contributed by atoms with Crippen LogP contribution in [0.15, 0.2) is 48.9 Å². The van der Waals surface area contributed by atoms with E-state index in [1.807, 2.05) is 13.0 Å². The summed E-state index contributed by atoms with van der Waals surface area (Å²) in [5, 5.41) is 6.12. The lowest BCUT2D eigenvalue weighted by atomic mass is 10.0. The summed E-state index contributed by atoms with van der Waals surface area (Å²) < 4.78 is 36.3.